The summed E-state index contributed by atoms with van der Waals surface area (Å²) in [4.78, 5) is 16.6. The molecule has 0 unspecified atom stereocenters. The van der Waals surface area contributed by atoms with Crippen LogP contribution in [0.4, 0.5) is 0 Å². The third-order valence-electron chi connectivity index (χ3n) is 4.62. The number of para-hydroxylation sites is 1. The monoisotopic (exact) mass is 411 g/mol. The maximum absolute atomic E-state index is 12.2. The fourth-order valence-corrected chi connectivity index (χ4v) is 3.22. The lowest BCUT2D eigenvalue weighted by atomic mass is 10.0. The van der Waals surface area contributed by atoms with E-state index in [2.05, 4.69) is 22.1 Å². The van der Waals surface area contributed by atoms with Crippen molar-refractivity contribution >= 4 is 33.8 Å². The number of nitrogens with zero attached hydrogens (tertiary/aromatic N) is 2. The van der Waals surface area contributed by atoms with Crippen molar-refractivity contribution in [1.29, 1.82) is 0 Å². The maximum atomic E-state index is 12.2. The second-order valence-electron chi connectivity index (χ2n) is 6.71. The normalized spacial score (nSPS) is 11.0. The van der Waals surface area contributed by atoms with Crippen LogP contribution in [-0.4, -0.2) is 30.3 Å². The molecule has 1 aromatic heterocycles. The molecule has 0 radical (unpaired) electrons. The molecule has 4 aromatic rings. The van der Waals surface area contributed by atoms with E-state index in [4.69, 9.17) is 9.47 Å². The van der Waals surface area contributed by atoms with E-state index < -0.39 is 0 Å². The summed E-state index contributed by atoms with van der Waals surface area (Å²) in [7, 11) is 0. The summed E-state index contributed by atoms with van der Waals surface area (Å²) in [6, 6.07) is 21.1. The molecule has 0 bridgehead atoms. The average Bonchev–Trinajstić information content (AvgIpc) is 2.82. The molecule has 0 aliphatic carbocycles. The number of benzene rings is 3. The highest BCUT2D eigenvalue weighted by atomic mass is 16.5. The van der Waals surface area contributed by atoms with Crippen LogP contribution >= 0.6 is 0 Å². The fraction of sp³-hybridized carbons (Fsp3) is 0.0800. The Hall–Kier alpha value is -4.19. The third-order valence-corrected chi connectivity index (χ3v) is 4.62. The van der Waals surface area contributed by atoms with Crippen LogP contribution in [0.25, 0.3) is 21.7 Å². The zero-order valence-corrected chi connectivity index (χ0v) is 16.8. The molecule has 0 saturated carbocycles. The molecule has 1 N–H and O–H groups in total. The Kier molecular flexibility index (Phi) is 6.18. The number of ether oxygens (including phenoxy) is 2. The number of carbonyl (C=O) groups excluding carboxylic acids is 1. The molecule has 0 atom stereocenters. The highest BCUT2D eigenvalue weighted by Crippen LogP contribution is 2.27. The quantitative estimate of drug-likeness (QED) is 0.264. The van der Waals surface area contributed by atoms with E-state index in [9.17, 15) is 4.79 Å². The van der Waals surface area contributed by atoms with Crippen LogP contribution in [0.15, 0.2) is 90.7 Å². The summed E-state index contributed by atoms with van der Waals surface area (Å²) in [6.07, 6.45) is 4.95. The molecule has 0 aliphatic heterocycles. The molecule has 6 heteroatoms. The molecular formula is C25H21N3O3. The Balaban J connectivity index is 1.46. The van der Waals surface area contributed by atoms with Crippen LogP contribution in [-0.2, 0) is 4.79 Å². The lowest BCUT2D eigenvalue weighted by molar-refractivity contribution is -0.123. The summed E-state index contributed by atoms with van der Waals surface area (Å²) in [5, 5.41) is 7.08. The summed E-state index contributed by atoms with van der Waals surface area (Å²) in [6.45, 7) is 3.88. The van der Waals surface area contributed by atoms with Gasteiger partial charge in [-0.25, -0.2) is 5.43 Å². The van der Waals surface area contributed by atoms with Crippen molar-refractivity contribution < 1.29 is 14.3 Å². The summed E-state index contributed by atoms with van der Waals surface area (Å²) >= 11 is 0. The Morgan fingerprint density at radius 2 is 1.81 bits per heavy atom. The van der Waals surface area contributed by atoms with E-state index in [1.165, 1.54) is 0 Å². The van der Waals surface area contributed by atoms with Crippen LogP contribution < -0.4 is 14.9 Å². The second-order valence-corrected chi connectivity index (χ2v) is 6.71. The zero-order chi connectivity index (χ0) is 21.5. The molecule has 0 saturated heterocycles. The molecule has 1 amide bonds. The van der Waals surface area contributed by atoms with Crippen molar-refractivity contribution in [2.24, 2.45) is 5.10 Å². The molecule has 0 aliphatic rings. The van der Waals surface area contributed by atoms with Crippen molar-refractivity contribution in [3.63, 3.8) is 0 Å². The largest absolute Gasteiger partial charge is 0.489 e. The van der Waals surface area contributed by atoms with Gasteiger partial charge in [-0.15, -0.1) is 0 Å². The van der Waals surface area contributed by atoms with Crippen molar-refractivity contribution in [3.05, 3.63) is 91.1 Å². The predicted octanol–water partition coefficient (Wildman–Crippen LogP) is 4.48. The number of rotatable bonds is 8. The minimum Gasteiger partial charge on any atom is -0.489 e. The van der Waals surface area contributed by atoms with Crippen LogP contribution in [0.3, 0.4) is 0 Å². The molecule has 0 spiro atoms. The molecule has 6 nitrogen and oxygen atoms in total. The molecular weight excluding hydrogens is 390 g/mol. The first-order valence-corrected chi connectivity index (χ1v) is 9.80. The minimum absolute atomic E-state index is 0.178. The number of hydrogen-bond donors (Lipinski definition) is 1. The standard InChI is InChI=1S/C25H21N3O3/c1-2-15-30-22-13-12-18-7-3-4-10-20(18)21(22)16-27-28-24(29)17-31-23-11-5-8-19-9-6-14-26-25(19)23/h2-14,16H,1,15,17H2,(H,28,29). The number of pyridine rings is 1. The Morgan fingerprint density at radius 3 is 2.71 bits per heavy atom. The number of nitrogens with one attached hydrogen (secondary N) is 1. The van der Waals surface area contributed by atoms with Gasteiger partial charge in [0.1, 0.15) is 23.6 Å². The van der Waals surface area contributed by atoms with Gasteiger partial charge in [-0.05, 0) is 29.0 Å². The second kappa shape index (κ2) is 9.54. The van der Waals surface area contributed by atoms with E-state index in [1.807, 2.05) is 60.7 Å². The van der Waals surface area contributed by atoms with Gasteiger partial charge >= 0.3 is 0 Å². The number of hydrazone groups is 1. The van der Waals surface area contributed by atoms with Crippen LogP contribution in [0.2, 0.25) is 0 Å². The van der Waals surface area contributed by atoms with Gasteiger partial charge in [0.25, 0.3) is 5.91 Å². The van der Waals surface area contributed by atoms with Crippen molar-refractivity contribution in [2.45, 2.75) is 0 Å². The zero-order valence-electron chi connectivity index (χ0n) is 16.8. The van der Waals surface area contributed by atoms with E-state index in [1.54, 1.807) is 24.6 Å². The maximum Gasteiger partial charge on any atom is 0.277 e. The molecule has 0 fully saturated rings. The minimum atomic E-state index is -0.377. The van der Waals surface area contributed by atoms with E-state index >= 15 is 0 Å². The Labute approximate surface area is 179 Å². The summed E-state index contributed by atoms with van der Waals surface area (Å²) in [5.74, 6) is 0.832. The topological polar surface area (TPSA) is 72.8 Å². The van der Waals surface area contributed by atoms with Crippen LogP contribution in [0.1, 0.15) is 5.56 Å². The molecule has 4 rings (SSSR count). The highest BCUT2D eigenvalue weighted by Gasteiger charge is 2.08. The van der Waals surface area contributed by atoms with Gasteiger partial charge in [0.2, 0.25) is 0 Å². The smallest absolute Gasteiger partial charge is 0.277 e. The van der Waals surface area contributed by atoms with Gasteiger partial charge in [0.15, 0.2) is 6.61 Å². The fourth-order valence-electron chi connectivity index (χ4n) is 3.22. The highest BCUT2D eigenvalue weighted by molar-refractivity contribution is 6.02. The van der Waals surface area contributed by atoms with Gasteiger partial charge in [0.05, 0.1) is 6.21 Å². The molecule has 3 aromatic carbocycles. The SMILES string of the molecule is C=CCOc1ccc2ccccc2c1C=NNC(=O)COc1cccc2cccnc12. The summed E-state index contributed by atoms with van der Waals surface area (Å²) in [5.41, 5.74) is 3.99. The lowest BCUT2D eigenvalue weighted by Crippen LogP contribution is -2.24. The van der Waals surface area contributed by atoms with Crippen LogP contribution in [0.5, 0.6) is 11.5 Å². The Bertz CT molecular complexity index is 1260. The Morgan fingerprint density at radius 1 is 0.968 bits per heavy atom. The average molecular weight is 411 g/mol. The number of aromatic nitrogens is 1. The number of hydrogen-bond acceptors (Lipinski definition) is 5. The van der Waals surface area contributed by atoms with E-state index in [-0.39, 0.29) is 12.5 Å². The van der Waals surface area contributed by atoms with Gasteiger partial charge < -0.3 is 9.47 Å². The van der Waals surface area contributed by atoms with Gasteiger partial charge in [-0.1, -0.05) is 61.2 Å². The van der Waals surface area contributed by atoms with Gasteiger partial charge in [0, 0.05) is 17.1 Å². The van der Waals surface area contributed by atoms with Crippen molar-refractivity contribution in [3.8, 4) is 11.5 Å². The van der Waals surface area contributed by atoms with Gasteiger partial charge in [-0.2, -0.15) is 5.10 Å². The lowest BCUT2D eigenvalue weighted by Gasteiger charge is -2.10. The van der Waals surface area contributed by atoms with Crippen LogP contribution in [0, 0.1) is 0 Å². The number of carbonyl (C=O) groups is 1. The molecule has 1 heterocycles. The predicted molar refractivity (Wildman–Crippen MR) is 123 cm³/mol. The van der Waals surface area contributed by atoms with Crippen molar-refractivity contribution in [1.82, 2.24) is 10.4 Å². The van der Waals surface area contributed by atoms with Crippen molar-refractivity contribution in [2.75, 3.05) is 13.2 Å². The first-order chi connectivity index (χ1) is 15.3. The number of fused-ring (bicyclic) bond motifs is 2. The first-order valence-electron chi connectivity index (χ1n) is 9.80. The van der Waals surface area contributed by atoms with Gasteiger partial charge in [-0.3, -0.25) is 9.78 Å². The third kappa shape index (κ3) is 4.70. The molecule has 31 heavy (non-hydrogen) atoms. The molecule has 154 valence electrons. The summed E-state index contributed by atoms with van der Waals surface area (Å²) < 4.78 is 11.4. The van der Waals surface area contributed by atoms with E-state index in [0.29, 0.717) is 23.6 Å². The number of amides is 1. The first kappa shape index (κ1) is 20.1. The van der Waals surface area contributed by atoms with E-state index in [0.717, 1.165) is 21.7 Å².